The second-order valence-corrected chi connectivity index (χ2v) is 7.21. The third-order valence-electron chi connectivity index (χ3n) is 4.76. The zero-order valence-electron chi connectivity index (χ0n) is 15.5. The van der Waals surface area contributed by atoms with Crippen molar-refractivity contribution in [3.05, 3.63) is 53.0 Å². The van der Waals surface area contributed by atoms with Crippen LogP contribution in [0.2, 0.25) is 0 Å². The molecule has 0 radical (unpaired) electrons. The molecule has 5 nitrogen and oxygen atoms in total. The number of amides is 1. The molecule has 0 spiro atoms. The van der Waals surface area contributed by atoms with Crippen molar-refractivity contribution in [1.82, 2.24) is 15.5 Å². The summed E-state index contributed by atoms with van der Waals surface area (Å²) in [6.45, 7) is 7.45. The van der Waals surface area contributed by atoms with Crippen LogP contribution in [0.3, 0.4) is 0 Å². The normalized spacial score (nSPS) is 17.0. The quantitative estimate of drug-likeness (QED) is 0.895. The smallest absolute Gasteiger partial charge is 0.224 e. The lowest BCUT2D eigenvalue weighted by molar-refractivity contribution is -0.121. The van der Waals surface area contributed by atoms with Gasteiger partial charge in [-0.1, -0.05) is 26.0 Å². The van der Waals surface area contributed by atoms with Crippen LogP contribution in [0.4, 0.5) is 10.2 Å². The first-order valence-electron chi connectivity index (χ1n) is 9.05. The third-order valence-corrected chi connectivity index (χ3v) is 4.76. The van der Waals surface area contributed by atoms with Crippen molar-refractivity contribution in [1.29, 1.82) is 0 Å². The molecule has 1 aromatic heterocycles. The highest BCUT2D eigenvalue weighted by Crippen LogP contribution is 2.19. The highest BCUT2D eigenvalue weighted by atomic mass is 19.1. The summed E-state index contributed by atoms with van der Waals surface area (Å²) in [5.41, 5.74) is 2.26. The standard InChI is InChI=1S/C20H25FN4O/c1-13(2)15-5-6-16(18(21)10-15)11-20(26)22-17-8-9-25(12-17)19-7-4-14(3)23-24-19/h4-7,10,13,17H,8-9,11-12H2,1-3H3,(H,22,26)/t17-/m0/s1. The van der Waals surface area contributed by atoms with Gasteiger partial charge in [0.2, 0.25) is 5.91 Å². The van der Waals surface area contributed by atoms with E-state index >= 15 is 0 Å². The molecule has 2 aromatic rings. The van der Waals surface area contributed by atoms with Crippen molar-refractivity contribution in [2.75, 3.05) is 18.0 Å². The number of rotatable bonds is 5. The van der Waals surface area contributed by atoms with Crippen LogP contribution in [-0.2, 0) is 11.2 Å². The van der Waals surface area contributed by atoms with E-state index in [9.17, 15) is 9.18 Å². The Labute approximate surface area is 153 Å². The number of carbonyl (C=O) groups is 1. The van der Waals surface area contributed by atoms with Crippen molar-refractivity contribution in [2.24, 2.45) is 0 Å². The monoisotopic (exact) mass is 356 g/mol. The number of nitrogens with one attached hydrogen (secondary N) is 1. The van der Waals surface area contributed by atoms with E-state index in [1.807, 2.05) is 39.0 Å². The predicted molar refractivity (Wildman–Crippen MR) is 99.7 cm³/mol. The average Bonchev–Trinajstić information content (AvgIpc) is 3.05. The molecule has 1 saturated heterocycles. The first kappa shape index (κ1) is 18.3. The Kier molecular flexibility index (Phi) is 5.49. The van der Waals surface area contributed by atoms with Crippen LogP contribution in [-0.4, -0.2) is 35.2 Å². The lowest BCUT2D eigenvalue weighted by atomic mass is 10.00. The van der Waals surface area contributed by atoms with Crippen LogP contribution in [0.1, 0.15) is 43.0 Å². The first-order valence-corrected chi connectivity index (χ1v) is 9.05. The Bertz CT molecular complexity index is 776. The van der Waals surface area contributed by atoms with Gasteiger partial charge in [0.25, 0.3) is 0 Å². The van der Waals surface area contributed by atoms with Crippen molar-refractivity contribution in [3.63, 3.8) is 0 Å². The molecular weight excluding hydrogens is 331 g/mol. The van der Waals surface area contributed by atoms with Gasteiger partial charge >= 0.3 is 0 Å². The molecule has 0 aliphatic carbocycles. The van der Waals surface area contributed by atoms with Gasteiger partial charge in [-0.15, -0.1) is 5.10 Å². The Morgan fingerprint density at radius 1 is 1.31 bits per heavy atom. The molecule has 1 amide bonds. The molecule has 6 heteroatoms. The van der Waals surface area contributed by atoms with E-state index in [0.717, 1.165) is 30.0 Å². The van der Waals surface area contributed by atoms with Gasteiger partial charge < -0.3 is 10.2 Å². The number of aryl methyl sites for hydroxylation is 1. The van der Waals surface area contributed by atoms with E-state index in [0.29, 0.717) is 12.1 Å². The van der Waals surface area contributed by atoms with Crippen LogP contribution in [0, 0.1) is 12.7 Å². The summed E-state index contributed by atoms with van der Waals surface area (Å²) in [4.78, 5) is 14.4. The van der Waals surface area contributed by atoms with Crippen molar-refractivity contribution in [3.8, 4) is 0 Å². The summed E-state index contributed by atoms with van der Waals surface area (Å²) in [7, 11) is 0. The van der Waals surface area contributed by atoms with E-state index in [-0.39, 0.29) is 30.1 Å². The fraction of sp³-hybridized carbons (Fsp3) is 0.450. The van der Waals surface area contributed by atoms with Crippen molar-refractivity contribution < 1.29 is 9.18 Å². The zero-order chi connectivity index (χ0) is 18.7. The van der Waals surface area contributed by atoms with Gasteiger partial charge in [-0.3, -0.25) is 4.79 Å². The van der Waals surface area contributed by atoms with E-state index in [1.54, 1.807) is 6.07 Å². The lowest BCUT2D eigenvalue weighted by Gasteiger charge is -2.17. The summed E-state index contributed by atoms with van der Waals surface area (Å²) in [5, 5.41) is 11.3. The van der Waals surface area contributed by atoms with Crippen molar-refractivity contribution >= 4 is 11.7 Å². The minimum absolute atomic E-state index is 0.0450. The van der Waals surface area contributed by atoms with Gasteiger partial charge in [-0.2, -0.15) is 5.10 Å². The van der Waals surface area contributed by atoms with Crippen molar-refractivity contribution in [2.45, 2.75) is 45.6 Å². The summed E-state index contributed by atoms with van der Waals surface area (Å²) in [6.07, 6.45) is 0.904. The fourth-order valence-corrected chi connectivity index (χ4v) is 3.16. The Balaban J connectivity index is 1.55. The molecule has 0 bridgehead atoms. The molecule has 1 aliphatic rings. The maximum absolute atomic E-state index is 14.2. The number of aromatic nitrogens is 2. The number of anilines is 1. The molecule has 1 N–H and O–H groups in total. The second kappa shape index (κ2) is 7.81. The van der Waals surface area contributed by atoms with Crippen LogP contribution in [0.25, 0.3) is 0 Å². The van der Waals surface area contributed by atoms with Crippen LogP contribution >= 0.6 is 0 Å². The number of nitrogens with zero attached hydrogens (tertiary/aromatic N) is 3. The van der Waals surface area contributed by atoms with E-state index in [2.05, 4.69) is 20.4 Å². The number of carbonyl (C=O) groups excluding carboxylic acids is 1. The average molecular weight is 356 g/mol. The third kappa shape index (κ3) is 4.36. The van der Waals surface area contributed by atoms with E-state index < -0.39 is 0 Å². The maximum atomic E-state index is 14.2. The number of benzene rings is 1. The molecule has 3 rings (SSSR count). The van der Waals surface area contributed by atoms with Gasteiger partial charge in [0.15, 0.2) is 5.82 Å². The van der Waals surface area contributed by atoms with Crippen LogP contribution in [0.15, 0.2) is 30.3 Å². The minimum Gasteiger partial charge on any atom is -0.353 e. The first-order chi connectivity index (χ1) is 12.4. The zero-order valence-corrected chi connectivity index (χ0v) is 15.5. The topological polar surface area (TPSA) is 58.1 Å². The molecule has 1 aromatic carbocycles. The molecule has 1 atom stereocenters. The highest BCUT2D eigenvalue weighted by Gasteiger charge is 2.25. The van der Waals surface area contributed by atoms with Crippen LogP contribution < -0.4 is 10.2 Å². The Morgan fingerprint density at radius 3 is 2.77 bits per heavy atom. The molecule has 138 valence electrons. The molecule has 0 saturated carbocycles. The number of halogens is 1. The summed E-state index contributed by atoms with van der Waals surface area (Å²) < 4.78 is 14.2. The van der Waals surface area contributed by atoms with Gasteiger partial charge in [-0.25, -0.2) is 4.39 Å². The SMILES string of the molecule is Cc1ccc(N2CC[C@H](NC(=O)Cc3ccc(C(C)C)cc3F)C2)nn1. The minimum atomic E-state index is -0.311. The summed E-state index contributed by atoms with van der Waals surface area (Å²) >= 11 is 0. The molecule has 0 unspecified atom stereocenters. The molecule has 1 aliphatic heterocycles. The molecule has 1 fully saturated rings. The predicted octanol–water partition coefficient (Wildman–Crippen LogP) is 2.99. The lowest BCUT2D eigenvalue weighted by Crippen LogP contribution is -2.38. The second-order valence-electron chi connectivity index (χ2n) is 7.21. The van der Waals surface area contributed by atoms with E-state index in [4.69, 9.17) is 0 Å². The van der Waals surface area contributed by atoms with Gasteiger partial charge in [0.05, 0.1) is 12.1 Å². The highest BCUT2D eigenvalue weighted by molar-refractivity contribution is 5.79. The van der Waals surface area contributed by atoms with Gasteiger partial charge in [0, 0.05) is 19.1 Å². The summed E-state index contributed by atoms with van der Waals surface area (Å²) in [5.74, 6) is 0.627. The maximum Gasteiger partial charge on any atom is 0.224 e. The van der Waals surface area contributed by atoms with Crippen LogP contribution in [0.5, 0.6) is 0 Å². The number of hydrogen-bond acceptors (Lipinski definition) is 4. The van der Waals surface area contributed by atoms with E-state index in [1.165, 1.54) is 6.07 Å². The Morgan fingerprint density at radius 2 is 2.12 bits per heavy atom. The fourth-order valence-electron chi connectivity index (χ4n) is 3.16. The largest absolute Gasteiger partial charge is 0.353 e. The molecule has 26 heavy (non-hydrogen) atoms. The molecular formula is C20H25FN4O. The molecule has 2 heterocycles. The number of hydrogen-bond donors (Lipinski definition) is 1. The van der Waals surface area contributed by atoms with Gasteiger partial charge in [-0.05, 0) is 48.6 Å². The van der Waals surface area contributed by atoms with Gasteiger partial charge in [0.1, 0.15) is 5.82 Å². The summed E-state index contributed by atoms with van der Waals surface area (Å²) in [6, 6.07) is 9.05. The Hall–Kier alpha value is -2.50.